The second-order valence-corrected chi connectivity index (χ2v) is 6.33. The van der Waals surface area contributed by atoms with Crippen molar-refractivity contribution in [2.24, 2.45) is 11.1 Å². The van der Waals surface area contributed by atoms with Gasteiger partial charge in [0.1, 0.15) is 0 Å². The van der Waals surface area contributed by atoms with Gasteiger partial charge < -0.3 is 10.6 Å². The molecule has 3 heteroatoms. The van der Waals surface area contributed by atoms with Gasteiger partial charge in [0.15, 0.2) is 0 Å². The van der Waals surface area contributed by atoms with Crippen molar-refractivity contribution in [3.05, 3.63) is 0 Å². The summed E-state index contributed by atoms with van der Waals surface area (Å²) in [5.41, 5.74) is 5.91. The van der Waals surface area contributed by atoms with Crippen LogP contribution in [0.15, 0.2) is 0 Å². The van der Waals surface area contributed by atoms with Crippen LogP contribution in [0.25, 0.3) is 0 Å². The predicted octanol–water partition coefficient (Wildman–Crippen LogP) is 2.69. The molecule has 0 radical (unpaired) electrons. The molecular formula is C15H28N2O. The smallest absolute Gasteiger partial charge is 0.230 e. The number of nitrogens with two attached hydrogens (primary N) is 1. The minimum absolute atomic E-state index is 0.0609. The number of hydrogen-bond acceptors (Lipinski definition) is 2. The van der Waals surface area contributed by atoms with E-state index in [2.05, 4.69) is 18.7 Å². The normalized spacial score (nSPS) is 37.6. The largest absolute Gasteiger partial charge is 0.339 e. The second kappa shape index (κ2) is 5.60. The Morgan fingerprint density at radius 1 is 1.28 bits per heavy atom. The molecule has 1 aliphatic carbocycles. The first-order valence-electron chi connectivity index (χ1n) is 7.66. The Kier molecular flexibility index (Phi) is 4.31. The summed E-state index contributed by atoms with van der Waals surface area (Å²) in [7, 11) is 0. The van der Waals surface area contributed by atoms with Crippen LogP contribution in [0.3, 0.4) is 0 Å². The van der Waals surface area contributed by atoms with Crippen molar-refractivity contribution in [1.82, 2.24) is 4.90 Å². The molecule has 0 bridgehead atoms. The molecule has 2 N–H and O–H groups in total. The molecule has 1 amide bonds. The molecule has 0 aromatic rings. The summed E-state index contributed by atoms with van der Waals surface area (Å²) >= 11 is 0. The molecule has 1 saturated heterocycles. The van der Waals surface area contributed by atoms with Crippen LogP contribution in [0.4, 0.5) is 0 Å². The molecule has 18 heavy (non-hydrogen) atoms. The van der Waals surface area contributed by atoms with Gasteiger partial charge in [0.05, 0.1) is 5.41 Å². The van der Waals surface area contributed by atoms with E-state index in [9.17, 15) is 4.79 Å². The molecule has 1 saturated carbocycles. The Balaban J connectivity index is 2.14. The molecular weight excluding hydrogens is 224 g/mol. The zero-order valence-electron chi connectivity index (χ0n) is 12.0. The van der Waals surface area contributed by atoms with E-state index in [1.807, 2.05) is 0 Å². The van der Waals surface area contributed by atoms with Crippen LogP contribution in [-0.2, 0) is 4.79 Å². The first-order valence-corrected chi connectivity index (χ1v) is 7.66. The molecule has 2 rings (SSSR count). The van der Waals surface area contributed by atoms with Crippen molar-refractivity contribution < 1.29 is 4.79 Å². The first kappa shape index (κ1) is 13.9. The zero-order valence-corrected chi connectivity index (χ0v) is 12.0. The van der Waals surface area contributed by atoms with Gasteiger partial charge >= 0.3 is 0 Å². The number of hydrogen-bond donors (Lipinski definition) is 1. The fourth-order valence-corrected chi connectivity index (χ4v) is 3.66. The third kappa shape index (κ3) is 2.42. The third-order valence-electron chi connectivity index (χ3n) is 5.13. The summed E-state index contributed by atoms with van der Waals surface area (Å²) in [5.74, 6) is 0.334. The summed E-state index contributed by atoms with van der Waals surface area (Å²) in [4.78, 5) is 15.1. The summed E-state index contributed by atoms with van der Waals surface area (Å²) in [6.07, 6.45) is 9.03. The SMILES string of the molecule is CCC1CCCCCN1C(=O)C1(C)CCCC1N. The van der Waals surface area contributed by atoms with Gasteiger partial charge in [0.2, 0.25) is 5.91 Å². The first-order chi connectivity index (χ1) is 8.59. The lowest BCUT2D eigenvalue weighted by atomic mass is 9.83. The highest BCUT2D eigenvalue weighted by Gasteiger charge is 2.46. The van der Waals surface area contributed by atoms with E-state index >= 15 is 0 Å². The lowest BCUT2D eigenvalue weighted by molar-refractivity contribution is -0.144. The van der Waals surface area contributed by atoms with E-state index in [0.717, 1.165) is 38.6 Å². The van der Waals surface area contributed by atoms with Crippen molar-refractivity contribution in [2.75, 3.05) is 6.54 Å². The van der Waals surface area contributed by atoms with Crippen LogP contribution in [0.5, 0.6) is 0 Å². The molecule has 0 aromatic heterocycles. The van der Waals surface area contributed by atoms with Crippen molar-refractivity contribution in [1.29, 1.82) is 0 Å². The van der Waals surface area contributed by atoms with Gasteiger partial charge in [-0.25, -0.2) is 0 Å². The number of likely N-dealkylation sites (tertiary alicyclic amines) is 1. The predicted molar refractivity (Wildman–Crippen MR) is 74.2 cm³/mol. The molecule has 3 nitrogen and oxygen atoms in total. The molecule has 104 valence electrons. The van der Waals surface area contributed by atoms with Gasteiger partial charge in [0.25, 0.3) is 0 Å². The molecule has 1 heterocycles. The highest BCUT2D eigenvalue weighted by molar-refractivity contribution is 5.84. The fraction of sp³-hybridized carbons (Fsp3) is 0.933. The van der Waals surface area contributed by atoms with Crippen LogP contribution < -0.4 is 5.73 Å². The molecule has 3 atom stereocenters. The zero-order chi connectivity index (χ0) is 13.2. The van der Waals surface area contributed by atoms with Crippen LogP contribution in [-0.4, -0.2) is 29.4 Å². The van der Waals surface area contributed by atoms with Crippen LogP contribution >= 0.6 is 0 Å². The maximum Gasteiger partial charge on any atom is 0.230 e. The maximum absolute atomic E-state index is 12.9. The summed E-state index contributed by atoms with van der Waals surface area (Å²) in [6, 6.07) is 0.510. The maximum atomic E-state index is 12.9. The van der Waals surface area contributed by atoms with Gasteiger partial charge in [-0.2, -0.15) is 0 Å². The average molecular weight is 252 g/mol. The lowest BCUT2D eigenvalue weighted by Crippen LogP contribution is -2.52. The third-order valence-corrected chi connectivity index (χ3v) is 5.13. The lowest BCUT2D eigenvalue weighted by Gasteiger charge is -2.38. The average Bonchev–Trinajstić information content (AvgIpc) is 2.60. The Morgan fingerprint density at radius 2 is 2.06 bits per heavy atom. The van der Waals surface area contributed by atoms with Crippen LogP contribution in [0.2, 0.25) is 0 Å². The number of carbonyl (C=O) groups excluding carboxylic acids is 1. The number of nitrogens with zero attached hydrogens (tertiary/aromatic N) is 1. The fourth-order valence-electron chi connectivity index (χ4n) is 3.66. The number of rotatable bonds is 2. The standard InChI is InChI=1S/C15H28N2O/c1-3-12-8-5-4-6-11-17(12)14(18)15(2)10-7-9-13(15)16/h12-13H,3-11,16H2,1-2H3. The van der Waals surface area contributed by atoms with Crippen molar-refractivity contribution in [2.45, 2.75) is 77.3 Å². The molecule has 2 fully saturated rings. The van der Waals surface area contributed by atoms with Crippen LogP contribution in [0, 0.1) is 5.41 Å². The minimum Gasteiger partial charge on any atom is -0.339 e. The number of amides is 1. The summed E-state index contributed by atoms with van der Waals surface area (Å²) in [6.45, 7) is 5.23. The van der Waals surface area contributed by atoms with E-state index in [1.54, 1.807) is 0 Å². The minimum atomic E-state index is -0.294. The van der Waals surface area contributed by atoms with E-state index in [-0.39, 0.29) is 11.5 Å². The topological polar surface area (TPSA) is 46.3 Å². The van der Waals surface area contributed by atoms with Crippen molar-refractivity contribution in [3.63, 3.8) is 0 Å². The number of carbonyl (C=O) groups is 1. The van der Waals surface area contributed by atoms with Crippen molar-refractivity contribution >= 4 is 5.91 Å². The quantitative estimate of drug-likeness (QED) is 0.821. The van der Waals surface area contributed by atoms with Gasteiger partial charge in [-0.15, -0.1) is 0 Å². The molecule has 0 aromatic carbocycles. The second-order valence-electron chi connectivity index (χ2n) is 6.33. The molecule has 2 aliphatic rings. The monoisotopic (exact) mass is 252 g/mol. The summed E-state index contributed by atoms with van der Waals surface area (Å²) in [5, 5.41) is 0. The van der Waals surface area contributed by atoms with Gasteiger partial charge in [-0.3, -0.25) is 4.79 Å². The van der Waals surface area contributed by atoms with E-state index in [1.165, 1.54) is 19.3 Å². The van der Waals surface area contributed by atoms with Crippen LogP contribution in [0.1, 0.15) is 65.2 Å². The van der Waals surface area contributed by atoms with Crippen molar-refractivity contribution in [3.8, 4) is 0 Å². The van der Waals surface area contributed by atoms with Gasteiger partial charge in [-0.05, 0) is 39.0 Å². The van der Waals surface area contributed by atoms with Gasteiger partial charge in [-0.1, -0.05) is 26.2 Å². The Labute approximate surface area is 111 Å². The van der Waals surface area contributed by atoms with Gasteiger partial charge in [0, 0.05) is 18.6 Å². The molecule has 3 unspecified atom stereocenters. The van der Waals surface area contributed by atoms with E-state index < -0.39 is 0 Å². The Morgan fingerprint density at radius 3 is 2.67 bits per heavy atom. The molecule has 1 aliphatic heterocycles. The highest BCUT2D eigenvalue weighted by atomic mass is 16.2. The van der Waals surface area contributed by atoms with E-state index in [4.69, 9.17) is 5.73 Å². The summed E-state index contributed by atoms with van der Waals surface area (Å²) < 4.78 is 0. The highest BCUT2D eigenvalue weighted by Crippen LogP contribution is 2.39. The Hall–Kier alpha value is -0.570. The molecule has 0 spiro atoms. The van der Waals surface area contributed by atoms with E-state index in [0.29, 0.717) is 11.9 Å². The Bertz CT molecular complexity index is 305.